The fourth-order valence-corrected chi connectivity index (χ4v) is 4.24. The molecular formula is C29H32N4O2. The van der Waals surface area contributed by atoms with Gasteiger partial charge in [0.1, 0.15) is 11.9 Å². The van der Waals surface area contributed by atoms with Crippen molar-refractivity contribution in [2.24, 2.45) is 5.92 Å². The monoisotopic (exact) mass is 468 g/mol. The van der Waals surface area contributed by atoms with E-state index < -0.39 is 6.04 Å². The van der Waals surface area contributed by atoms with Crippen molar-refractivity contribution in [1.82, 2.24) is 20.6 Å². The van der Waals surface area contributed by atoms with Crippen molar-refractivity contribution in [3.8, 4) is 0 Å². The van der Waals surface area contributed by atoms with Gasteiger partial charge in [-0.2, -0.15) is 0 Å². The van der Waals surface area contributed by atoms with Crippen LogP contribution in [0.5, 0.6) is 0 Å². The van der Waals surface area contributed by atoms with Gasteiger partial charge in [-0.25, -0.2) is 4.98 Å². The van der Waals surface area contributed by atoms with E-state index in [1.807, 2.05) is 93.6 Å². The van der Waals surface area contributed by atoms with Gasteiger partial charge in [0.25, 0.3) is 5.91 Å². The number of carbonyl (C=O) groups excluding carboxylic acids is 2. The first kappa shape index (κ1) is 24.2. The van der Waals surface area contributed by atoms with Gasteiger partial charge in [-0.1, -0.05) is 74.5 Å². The van der Waals surface area contributed by atoms with Crippen LogP contribution in [0.4, 0.5) is 0 Å². The molecule has 3 N–H and O–H groups in total. The molecule has 4 aromatic rings. The summed E-state index contributed by atoms with van der Waals surface area (Å²) in [5.41, 5.74) is 4.30. The highest BCUT2D eigenvalue weighted by molar-refractivity contribution is 5.98. The molecule has 0 bridgehead atoms. The number of benzene rings is 3. The van der Waals surface area contributed by atoms with Gasteiger partial charge in [0.2, 0.25) is 5.91 Å². The number of H-pyrrole nitrogens is 1. The molecule has 0 spiro atoms. The lowest BCUT2D eigenvalue weighted by Gasteiger charge is -2.24. The van der Waals surface area contributed by atoms with Crippen LogP contribution in [0.3, 0.4) is 0 Å². The number of imidazole rings is 1. The molecular weight excluding hydrogens is 436 g/mol. The number of aromatic nitrogens is 2. The molecule has 1 unspecified atom stereocenters. The van der Waals surface area contributed by atoms with Crippen molar-refractivity contribution >= 4 is 22.8 Å². The van der Waals surface area contributed by atoms with E-state index in [2.05, 4.69) is 15.6 Å². The largest absolute Gasteiger partial charge is 0.344 e. The molecule has 0 aliphatic heterocycles. The summed E-state index contributed by atoms with van der Waals surface area (Å²) in [6.07, 6.45) is 1.11. The zero-order valence-electron chi connectivity index (χ0n) is 20.4. The highest BCUT2D eigenvalue weighted by atomic mass is 16.2. The standard InChI is InChI=1S/C29H32N4O2/c1-19(2)17-26(33-28(34)22-14-8-7-11-20(22)3)29(35)32-25(18-21-12-5-4-6-13-21)27-30-23-15-9-10-16-24(23)31-27/h4-16,19,25-26H,17-18H2,1-3H3,(H,30,31)(H,32,35)(H,33,34)/t25-,26?/m0/s1. The van der Waals surface area contributed by atoms with Crippen LogP contribution in [0, 0.1) is 12.8 Å². The number of fused-ring (bicyclic) bond motifs is 1. The lowest BCUT2D eigenvalue weighted by Crippen LogP contribution is -2.48. The number of aryl methyl sites for hydroxylation is 1. The number of rotatable bonds is 9. The van der Waals surface area contributed by atoms with Crippen molar-refractivity contribution in [1.29, 1.82) is 0 Å². The van der Waals surface area contributed by atoms with Crippen molar-refractivity contribution in [3.05, 3.63) is 101 Å². The average Bonchev–Trinajstić information content (AvgIpc) is 3.28. The molecule has 0 aliphatic rings. The van der Waals surface area contributed by atoms with Crippen LogP contribution in [0.25, 0.3) is 11.0 Å². The summed E-state index contributed by atoms with van der Waals surface area (Å²) in [4.78, 5) is 34.7. The van der Waals surface area contributed by atoms with E-state index in [0.717, 1.165) is 22.2 Å². The third-order valence-electron chi connectivity index (χ3n) is 6.06. The molecule has 0 aliphatic carbocycles. The minimum Gasteiger partial charge on any atom is -0.344 e. The van der Waals surface area contributed by atoms with Crippen LogP contribution >= 0.6 is 0 Å². The van der Waals surface area contributed by atoms with E-state index in [-0.39, 0.29) is 23.8 Å². The first-order valence-corrected chi connectivity index (χ1v) is 12.1. The van der Waals surface area contributed by atoms with Gasteiger partial charge >= 0.3 is 0 Å². The Morgan fingerprint density at radius 3 is 2.29 bits per heavy atom. The summed E-state index contributed by atoms with van der Waals surface area (Å²) in [6.45, 7) is 5.98. The number of hydrogen-bond donors (Lipinski definition) is 3. The zero-order valence-corrected chi connectivity index (χ0v) is 20.4. The van der Waals surface area contributed by atoms with Gasteiger partial charge in [0.05, 0.1) is 17.1 Å². The summed E-state index contributed by atoms with van der Waals surface area (Å²) >= 11 is 0. The SMILES string of the molecule is Cc1ccccc1C(=O)NC(CC(C)C)C(=O)N[C@@H](Cc1ccccc1)c1nc2ccccc2[nH]1. The molecule has 4 rings (SSSR count). The predicted molar refractivity (Wildman–Crippen MR) is 139 cm³/mol. The predicted octanol–water partition coefficient (Wildman–Crippen LogP) is 5.12. The van der Waals surface area contributed by atoms with E-state index in [9.17, 15) is 9.59 Å². The molecule has 1 heterocycles. The molecule has 35 heavy (non-hydrogen) atoms. The van der Waals surface area contributed by atoms with Crippen LogP contribution in [0.15, 0.2) is 78.9 Å². The van der Waals surface area contributed by atoms with Crippen LogP contribution in [-0.4, -0.2) is 27.8 Å². The first-order valence-electron chi connectivity index (χ1n) is 12.1. The van der Waals surface area contributed by atoms with Gasteiger partial charge in [0.15, 0.2) is 0 Å². The maximum absolute atomic E-state index is 13.6. The second-order valence-corrected chi connectivity index (χ2v) is 9.36. The number of aromatic amines is 1. The first-order chi connectivity index (χ1) is 16.9. The Bertz CT molecular complexity index is 1260. The minimum absolute atomic E-state index is 0.220. The topological polar surface area (TPSA) is 86.9 Å². The molecule has 1 aromatic heterocycles. The summed E-state index contributed by atoms with van der Waals surface area (Å²) in [5, 5.41) is 6.14. The molecule has 0 saturated carbocycles. The van der Waals surface area contributed by atoms with Crippen LogP contribution in [0.1, 0.15) is 53.6 Å². The maximum atomic E-state index is 13.6. The van der Waals surface area contributed by atoms with E-state index >= 15 is 0 Å². The van der Waals surface area contributed by atoms with Gasteiger partial charge in [0, 0.05) is 5.56 Å². The molecule has 180 valence electrons. The molecule has 2 atom stereocenters. The highest BCUT2D eigenvalue weighted by Crippen LogP contribution is 2.21. The number of para-hydroxylation sites is 2. The smallest absolute Gasteiger partial charge is 0.252 e. The Labute approximate surface area is 206 Å². The zero-order chi connectivity index (χ0) is 24.8. The Kier molecular flexibility index (Phi) is 7.60. The fraction of sp³-hybridized carbons (Fsp3) is 0.276. The number of nitrogens with zero attached hydrogens (tertiary/aromatic N) is 1. The van der Waals surface area contributed by atoms with Crippen molar-refractivity contribution in [2.75, 3.05) is 0 Å². The Morgan fingerprint density at radius 1 is 0.886 bits per heavy atom. The third kappa shape index (κ3) is 6.15. The number of nitrogens with one attached hydrogen (secondary N) is 3. The van der Waals surface area contributed by atoms with Crippen molar-refractivity contribution < 1.29 is 9.59 Å². The Balaban J connectivity index is 1.59. The quantitative estimate of drug-likeness (QED) is 0.319. The molecule has 0 radical (unpaired) electrons. The molecule has 6 nitrogen and oxygen atoms in total. The van der Waals surface area contributed by atoms with Gasteiger partial charge in [-0.05, 0) is 55.0 Å². The number of carbonyl (C=O) groups is 2. The van der Waals surface area contributed by atoms with Crippen LogP contribution in [0.2, 0.25) is 0 Å². The molecule has 0 fully saturated rings. The van der Waals surface area contributed by atoms with E-state index in [0.29, 0.717) is 24.2 Å². The molecule has 0 saturated heterocycles. The summed E-state index contributed by atoms with van der Waals surface area (Å²) in [6, 6.07) is 24.2. The van der Waals surface area contributed by atoms with Crippen LogP contribution in [-0.2, 0) is 11.2 Å². The van der Waals surface area contributed by atoms with E-state index in [1.54, 1.807) is 6.07 Å². The van der Waals surface area contributed by atoms with Gasteiger partial charge < -0.3 is 15.6 Å². The molecule has 2 amide bonds. The number of hydrogen-bond acceptors (Lipinski definition) is 3. The van der Waals surface area contributed by atoms with E-state index in [1.165, 1.54) is 0 Å². The van der Waals surface area contributed by atoms with E-state index in [4.69, 9.17) is 4.98 Å². The van der Waals surface area contributed by atoms with Gasteiger partial charge in [-0.15, -0.1) is 0 Å². The normalized spacial score (nSPS) is 12.9. The molecule has 6 heteroatoms. The Morgan fingerprint density at radius 2 is 1.57 bits per heavy atom. The maximum Gasteiger partial charge on any atom is 0.252 e. The summed E-state index contributed by atoms with van der Waals surface area (Å²) in [5.74, 6) is 0.452. The third-order valence-corrected chi connectivity index (χ3v) is 6.06. The van der Waals surface area contributed by atoms with Gasteiger partial charge in [-0.3, -0.25) is 9.59 Å². The van der Waals surface area contributed by atoms with Crippen molar-refractivity contribution in [2.45, 2.75) is 45.7 Å². The van der Waals surface area contributed by atoms with Crippen molar-refractivity contribution in [3.63, 3.8) is 0 Å². The minimum atomic E-state index is -0.662. The summed E-state index contributed by atoms with van der Waals surface area (Å²) in [7, 11) is 0. The van der Waals surface area contributed by atoms with Crippen LogP contribution < -0.4 is 10.6 Å². The highest BCUT2D eigenvalue weighted by Gasteiger charge is 2.27. The Hall–Kier alpha value is -3.93. The molecule has 3 aromatic carbocycles. The fourth-order valence-electron chi connectivity index (χ4n) is 4.24. The second-order valence-electron chi connectivity index (χ2n) is 9.36. The lowest BCUT2D eigenvalue weighted by atomic mass is 10.00. The summed E-state index contributed by atoms with van der Waals surface area (Å²) < 4.78 is 0. The second kappa shape index (κ2) is 11.0. The number of amides is 2. The lowest BCUT2D eigenvalue weighted by molar-refractivity contribution is -0.124. The average molecular weight is 469 g/mol.